The first kappa shape index (κ1) is 17.7. The Hall–Kier alpha value is -2.66. The lowest BCUT2D eigenvalue weighted by Crippen LogP contribution is -2.49. The lowest BCUT2D eigenvalue weighted by atomic mass is 10.3. The third-order valence-corrected chi connectivity index (χ3v) is 6.47. The number of hydrogen-bond donors (Lipinski definition) is 0. The van der Waals surface area contributed by atoms with E-state index < -0.39 is 10.0 Å². The molecule has 1 aromatic carbocycles. The van der Waals surface area contributed by atoms with E-state index in [1.165, 1.54) is 27.4 Å². The highest BCUT2D eigenvalue weighted by atomic mass is 32.2. The van der Waals surface area contributed by atoms with Crippen LogP contribution in [0.1, 0.15) is 6.92 Å². The van der Waals surface area contributed by atoms with E-state index in [0.29, 0.717) is 48.8 Å². The van der Waals surface area contributed by atoms with Crippen LogP contribution in [0.25, 0.3) is 16.9 Å². The lowest BCUT2D eigenvalue weighted by molar-refractivity contribution is 0.385. The summed E-state index contributed by atoms with van der Waals surface area (Å²) in [6, 6.07) is 5.88. The van der Waals surface area contributed by atoms with Crippen LogP contribution in [-0.4, -0.2) is 69.6 Å². The second-order valence-corrected chi connectivity index (χ2v) is 8.39. The topological polar surface area (TPSA) is 97.1 Å². The molecule has 1 aliphatic rings. The molecule has 4 rings (SSSR count). The van der Waals surface area contributed by atoms with Gasteiger partial charge in [0.05, 0.1) is 11.4 Å². The molecule has 142 valence electrons. The number of benzene rings is 1. The molecular formula is C16H18FN7O2S. The summed E-state index contributed by atoms with van der Waals surface area (Å²) in [7, 11) is -3.19. The molecule has 1 fully saturated rings. The molecule has 3 aromatic rings. The summed E-state index contributed by atoms with van der Waals surface area (Å²) in [6.07, 6.45) is 1.43. The third-order valence-electron chi connectivity index (χ3n) is 4.59. The van der Waals surface area contributed by atoms with E-state index in [4.69, 9.17) is 0 Å². The molecule has 2 aromatic heterocycles. The molecule has 9 nitrogen and oxygen atoms in total. The third kappa shape index (κ3) is 3.23. The van der Waals surface area contributed by atoms with E-state index in [0.717, 1.165) is 0 Å². The molecule has 0 saturated carbocycles. The van der Waals surface area contributed by atoms with Crippen molar-refractivity contribution in [3.05, 3.63) is 36.4 Å². The van der Waals surface area contributed by atoms with E-state index in [1.807, 2.05) is 4.90 Å². The van der Waals surface area contributed by atoms with Crippen LogP contribution in [0.4, 0.5) is 10.2 Å². The molecule has 0 atom stereocenters. The number of sulfonamides is 1. The van der Waals surface area contributed by atoms with E-state index in [1.54, 1.807) is 19.1 Å². The Kier molecular flexibility index (Phi) is 4.48. The number of nitrogens with zero attached hydrogens (tertiary/aromatic N) is 7. The van der Waals surface area contributed by atoms with E-state index >= 15 is 0 Å². The summed E-state index contributed by atoms with van der Waals surface area (Å²) in [4.78, 5) is 10.6. The van der Waals surface area contributed by atoms with E-state index in [9.17, 15) is 12.8 Å². The maximum Gasteiger partial charge on any atom is 0.213 e. The molecule has 11 heteroatoms. The smallest absolute Gasteiger partial charge is 0.213 e. The van der Waals surface area contributed by atoms with Gasteiger partial charge in [0, 0.05) is 26.2 Å². The molecule has 0 unspecified atom stereocenters. The van der Waals surface area contributed by atoms with Gasteiger partial charge in [0.25, 0.3) is 0 Å². The molecule has 27 heavy (non-hydrogen) atoms. The van der Waals surface area contributed by atoms with Gasteiger partial charge in [0.15, 0.2) is 17.0 Å². The first-order valence-electron chi connectivity index (χ1n) is 8.54. The molecule has 0 bridgehead atoms. The first-order chi connectivity index (χ1) is 13.0. The second-order valence-electron chi connectivity index (χ2n) is 6.13. The molecule has 0 aliphatic carbocycles. The van der Waals surface area contributed by atoms with Crippen LogP contribution < -0.4 is 4.90 Å². The van der Waals surface area contributed by atoms with Crippen LogP contribution in [0.15, 0.2) is 30.6 Å². The SMILES string of the molecule is CCS(=O)(=O)N1CCN(c2ncnc3c2nnn3-c2ccc(F)cc2)CC1. The Morgan fingerprint density at radius 3 is 2.44 bits per heavy atom. The monoisotopic (exact) mass is 391 g/mol. The summed E-state index contributed by atoms with van der Waals surface area (Å²) in [5.74, 6) is 0.372. The van der Waals surface area contributed by atoms with Gasteiger partial charge in [-0.05, 0) is 31.2 Å². The van der Waals surface area contributed by atoms with Crippen molar-refractivity contribution < 1.29 is 12.8 Å². The minimum atomic E-state index is -3.19. The van der Waals surface area contributed by atoms with Crippen LogP contribution in [0.3, 0.4) is 0 Å². The van der Waals surface area contributed by atoms with Crippen molar-refractivity contribution in [2.24, 2.45) is 0 Å². The van der Waals surface area contributed by atoms with Crippen molar-refractivity contribution in [1.29, 1.82) is 0 Å². The summed E-state index contributed by atoms with van der Waals surface area (Å²) >= 11 is 0. The molecule has 1 saturated heterocycles. The van der Waals surface area contributed by atoms with Gasteiger partial charge in [-0.2, -0.15) is 8.99 Å². The van der Waals surface area contributed by atoms with Gasteiger partial charge in [-0.3, -0.25) is 0 Å². The van der Waals surface area contributed by atoms with Crippen LogP contribution in [0.2, 0.25) is 0 Å². The fourth-order valence-corrected chi connectivity index (χ4v) is 4.17. The summed E-state index contributed by atoms with van der Waals surface area (Å²) < 4.78 is 40.2. The fourth-order valence-electron chi connectivity index (χ4n) is 3.09. The van der Waals surface area contributed by atoms with Gasteiger partial charge in [0.2, 0.25) is 10.0 Å². The zero-order valence-electron chi connectivity index (χ0n) is 14.7. The minimum Gasteiger partial charge on any atom is -0.352 e. The van der Waals surface area contributed by atoms with Gasteiger partial charge in [-0.25, -0.2) is 22.8 Å². The molecule has 0 spiro atoms. The Morgan fingerprint density at radius 2 is 1.78 bits per heavy atom. The number of fused-ring (bicyclic) bond motifs is 1. The standard InChI is InChI=1S/C16H18FN7O2S/c1-2-27(25,26)23-9-7-22(8-10-23)15-14-16(19-11-18-15)24(21-20-14)13-5-3-12(17)4-6-13/h3-6,11H,2,7-10H2,1H3. The zero-order valence-corrected chi connectivity index (χ0v) is 15.5. The Morgan fingerprint density at radius 1 is 1.07 bits per heavy atom. The molecule has 0 radical (unpaired) electrons. The van der Waals surface area contributed by atoms with Crippen molar-refractivity contribution in [3.63, 3.8) is 0 Å². The molecule has 3 heterocycles. The van der Waals surface area contributed by atoms with Crippen LogP contribution >= 0.6 is 0 Å². The fraction of sp³-hybridized carbons (Fsp3) is 0.375. The van der Waals surface area contributed by atoms with Gasteiger partial charge in [0.1, 0.15) is 12.1 Å². The molecule has 1 aliphatic heterocycles. The van der Waals surface area contributed by atoms with Crippen LogP contribution in [0.5, 0.6) is 0 Å². The normalized spacial score (nSPS) is 16.1. The van der Waals surface area contributed by atoms with E-state index in [2.05, 4.69) is 20.3 Å². The average molecular weight is 391 g/mol. The number of halogens is 1. The average Bonchev–Trinajstić information content (AvgIpc) is 3.13. The van der Waals surface area contributed by atoms with Crippen molar-refractivity contribution in [2.45, 2.75) is 6.92 Å². The van der Waals surface area contributed by atoms with Crippen LogP contribution in [0, 0.1) is 5.82 Å². The summed E-state index contributed by atoms with van der Waals surface area (Å²) in [5, 5.41) is 8.32. The maximum absolute atomic E-state index is 13.2. The Labute approximate surface area is 155 Å². The predicted molar refractivity (Wildman–Crippen MR) is 97.7 cm³/mol. The van der Waals surface area contributed by atoms with Gasteiger partial charge in [-0.1, -0.05) is 5.21 Å². The van der Waals surface area contributed by atoms with Crippen molar-refractivity contribution in [2.75, 3.05) is 36.8 Å². The maximum atomic E-state index is 13.2. The zero-order chi connectivity index (χ0) is 19.0. The number of hydrogen-bond acceptors (Lipinski definition) is 7. The largest absolute Gasteiger partial charge is 0.352 e. The molecular weight excluding hydrogens is 373 g/mol. The number of anilines is 1. The van der Waals surface area contributed by atoms with Crippen molar-refractivity contribution in [3.8, 4) is 5.69 Å². The van der Waals surface area contributed by atoms with Crippen molar-refractivity contribution >= 4 is 27.0 Å². The van der Waals surface area contributed by atoms with Gasteiger partial charge in [-0.15, -0.1) is 5.10 Å². The molecule has 0 amide bonds. The number of rotatable bonds is 4. The minimum absolute atomic E-state index is 0.0940. The highest BCUT2D eigenvalue weighted by Gasteiger charge is 2.27. The highest BCUT2D eigenvalue weighted by Crippen LogP contribution is 2.24. The quantitative estimate of drug-likeness (QED) is 0.649. The van der Waals surface area contributed by atoms with Gasteiger partial charge < -0.3 is 4.90 Å². The molecule has 0 N–H and O–H groups in total. The van der Waals surface area contributed by atoms with E-state index in [-0.39, 0.29) is 11.6 Å². The Balaban J connectivity index is 1.64. The Bertz CT molecular complexity index is 1060. The predicted octanol–water partition coefficient (Wildman–Crippen LogP) is 0.821. The number of piperazine rings is 1. The second kappa shape index (κ2) is 6.82. The van der Waals surface area contributed by atoms with Gasteiger partial charge >= 0.3 is 0 Å². The summed E-state index contributed by atoms with van der Waals surface area (Å²) in [5.41, 5.74) is 1.67. The first-order valence-corrected chi connectivity index (χ1v) is 10.2. The van der Waals surface area contributed by atoms with Crippen LogP contribution in [-0.2, 0) is 10.0 Å². The highest BCUT2D eigenvalue weighted by molar-refractivity contribution is 7.89. The number of aromatic nitrogens is 5. The van der Waals surface area contributed by atoms with Crippen molar-refractivity contribution in [1.82, 2.24) is 29.3 Å². The lowest BCUT2D eigenvalue weighted by Gasteiger charge is -2.34. The summed E-state index contributed by atoms with van der Waals surface area (Å²) in [6.45, 7) is 3.45.